The Morgan fingerprint density at radius 3 is 1.18 bits per heavy atom. The van der Waals surface area contributed by atoms with Crippen molar-refractivity contribution >= 4 is 71.2 Å². The van der Waals surface area contributed by atoms with Crippen molar-refractivity contribution in [1.29, 1.82) is 0 Å². The second kappa shape index (κ2) is 16.5. The van der Waals surface area contributed by atoms with Gasteiger partial charge >= 0.3 is 0 Å². The van der Waals surface area contributed by atoms with Crippen LogP contribution in [0.15, 0.2) is 267 Å². The number of fused-ring (bicyclic) bond motifs is 7. The molecule has 2 nitrogen and oxygen atoms in total. The third kappa shape index (κ3) is 6.82. The van der Waals surface area contributed by atoms with Crippen LogP contribution in [0.3, 0.4) is 0 Å². The van der Waals surface area contributed by atoms with Gasteiger partial charge in [0, 0.05) is 33.5 Å². The average Bonchev–Trinajstić information content (AvgIpc) is 3.76. The van der Waals surface area contributed by atoms with Crippen molar-refractivity contribution in [2.24, 2.45) is 0 Å². The summed E-state index contributed by atoms with van der Waals surface area (Å²) < 4.78 is 2.38. The highest BCUT2D eigenvalue weighted by molar-refractivity contribution is 6.14. The van der Waals surface area contributed by atoms with Crippen LogP contribution in [0.25, 0.3) is 104 Å². The lowest BCUT2D eigenvalue weighted by molar-refractivity contribution is 1.17. The zero-order valence-electron chi connectivity index (χ0n) is 37.3. The van der Waals surface area contributed by atoms with Crippen LogP contribution in [0.5, 0.6) is 0 Å². The van der Waals surface area contributed by atoms with Crippen molar-refractivity contribution in [1.82, 2.24) is 4.57 Å². The van der Waals surface area contributed by atoms with Crippen LogP contribution in [0.1, 0.15) is 0 Å². The van der Waals surface area contributed by atoms with E-state index in [-0.39, 0.29) is 0 Å². The molecule has 0 unspecified atom stereocenters. The van der Waals surface area contributed by atoms with Crippen LogP contribution in [0, 0.1) is 0 Å². The van der Waals surface area contributed by atoms with Crippen LogP contribution in [-0.4, -0.2) is 4.57 Å². The van der Waals surface area contributed by atoms with Gasteiger partial charge in [-0.3, -0.25) is 0 Å². The van der Waals surface area contributed by atoms with E-state index < -0.39 is 0 Å². The fraction of sp³-hybridized carbons (Fsp3) is 0. The number of para-hydroxylation sites is 2. The minimum absolute atomic E-state index is 1.08. The standard InChI is InChI=1S/C66H44N2/c1-3-15-57-49(12-1)14-11-21-58(57)50-28-24-45(25-29-50)47-32-36-53(37-33-47)67(55-40-42-56(43-41-55)68-65-22-9-7-19-62(65)63-20-8-10-23-66(63)68)54-38-34-48(35-39-54)46-26-30-51(31-27-46)64-44-52-13-2-4-16-59(52)60-17-5-6-18-61(60)64/h1-44H. The van der Waals surface area contributed by atoms with E-state index >= 15 is 0 Å². The number of rotatable bonds is 8. The molecule has 0 saturated heterocycles. The Bertz CT molecular complexity index is 3920. The zero-order valence-corrected chi connectivity index (χ0v) is 37.3. The highest BCUT2D eigenvalue weighted by atomic mass is 15.1. The van der Waals surface area contributed by atoms with Crippen LogP contribution in [0.4, 0.5) is 17.1 Å². The summed E-state index contributed by atoms with van der Waals surface area (Å²) >= 11 is 0. The largest absolute Gasteiger partial charge is 0.311 e. The van der Waals surface area contributed by atoms with Gasteiger partial charge in [-0.25, -0.2) is 0 Å². The summed E-state index contributed by atoms with van der Waals surface area (Å²) in [6.07, 6.45) is 0. The first-order valence-electron chi connectivity index (χ1n) is 23.4. The average molecular weight is 865 g/mol. The van der Waals surface area contributed by atoms with E-state index in [2.05, 4.69) is 276 Å². The summed E-state index contributed by atoms with van der Waals surface area (Å²) in [5, 5.41) is 10.1. The molecule has 0 saturated carbocycles. The van der Waals surface area contributed by atoms with Gasteiger partial charge in [0.2, 0.25) is 0 Å². The third-order valence-electron chi connectivity index (χ3n) is 13.8. The highest BCUT2D eigenvalue weighted by Gasteiger charge is 2.17. The third-order valence-corrected chi connectivity index (χ3v) is 13.8. The summed E-state index contributed by atoms with van der Waals surface area (Å²) in [5.74, 6) is 0. The molecule has 13 rings (SSSR count). The Morgan fingerprint density at radius 2 is 0.618 bits per heavy atom. The fourth-order valence-corrected chi connectivity index (χ4v) is 10.5. The molecule has 0 spiro atoms. The van der Waals surface area contributed by atoms with E-state index in [0.29, 0.717) is 0 Å². The van der Waals surface area contributed by atoms with Gasteiger partial charge in [-0.1, -0.05) is 200 Å². The number of benzene rings is 12. The summed E-state index contributed by atoms with van der Waals surface area (Å²) in [6, 6.07) is 97.3. The number of hydrogen-bond acceptors (Lipinski definition) is 1. The molecular formula is C66H44N2. The molecule has 0 bridgehead atoms. The van der Waals surface area contributed by atoms with Crippen molar-refractivity contribution in [3.05, 3.63) is 267 Å². The van der Waals surface area contributed by atoms with E-state index in [0.717, 1.165) is 22.7 Å². The number of aromatic nitrogens is 1. The van der Waals surface area contributed by atoms with Crippen LogP contribution < -0.4 is 4.90 Å². The Labute approximate surface area is 395 Å². The van der Waals surface area contributed by atoms with Gasteiger partial charge in [0.15, 0.2) is 0 Å². The van der Waals surface area contributed by atoms with Gasteiger partial charge in [-0.15, -0.1) is 0 Å². The first-order chi connectivity index (χ1) is 33.7. The van der Waals surface area contributed by atoms with E-state index in [1.54, 1.807) is 0 Å². The van der Waals surface area contributed by atoms with Crippen molar-refractivity contribution in [3.63, 3.8) is 0 Å². The van der Waals surface area contributed by atoms with Crippen molar-refractivity contribution < 1.29 is 0 Å². The summed E-state index contributed by atoms with van der Waals surface area (Å²) in [5.41, 5.74) is 16.5. The van der Waals surface area contributed by atoms with Crippen molar-refractivity contribution in [2.45, 2.75) is 0 Å². The van der Waals surface area contributed by atoms with E-state index in [1.165, 1.54) is 98.6 Å². The first-order valence-corrected chi connectivity index (χ1v) is 23.4. The molecule has 0 aliphatic rings. The Balaban J connectivity index is 0.846. The second-order valence-electron chi connectivity index (χ2n) is 17.7. The zero-order chi connectivity index (χ0) is 45.0. The Morgan fingerprint density at radius 1 is 0.235 bits per heavy atom. The molecule has 0 N–H and O–H groups in total. The smallest absolute Gasteiger partial charge is 0.0541 e. The molecule has 1 heterocycles. The fourth-order valence-electron chi connectivity index (χ4n) is 10.5. The first kappa shape index (κ1) is 39.4. The minimum atomic E-state index is 1.08. The maximum Gasteiger partial charge on any atom is 0.0541 e. The molecule has 0 aliphatic heterocycles. The molecule has 2 heteroatoms. The second-order valence-corrected chi connectivity index (χ2v) is 17.7. The van der Waals surface area contributed by atoms with Crippen LogP contribution in [-0.2, 0) is 0 Å². The van der Waals surface area contributed by atoms with Gasteiger partial charge in [-0.2, -0.15) is 0 Å². The van der Waals surface area contributed by atoms with Crippen LogP contribution >= 0.6 is 0 Å². The summed E-state index contributed by atoms with van der Waals surface area (Å²) in [7, 11) is 0. The molecule has 0 amide bonds. The van der Waals surface area contributed by atoms with E-state index in [1.807, 2.05) is 0 Å². The lowest BCUT2D eigenvalue weighted by Crippen LogP contribution is -2.10. The number of nitrogens with zero attached hydrogens (tertiary/aromatic N) is 2. The summed E-state index contributed by atoms with van der Waals surface area (Å²) in [6.45, 7) is 0. The Hall–Kier alpha value is -8.98. The van der Waals surface area contributed by atoms with Gasteiger partial charge in [0.1, 0.15) is 0 Å². The molecule has 0 aliphatic carbocycles. The molecule has 12 aromatic carbocycles. The molecule has 68 heavy (non-hydrogen) atoms. The van der Waals surface area contributed by atoms with Gasteiger partial charge in [0.05, 0.1) is 11.0 Å². The van der Waals surface area contributed by atoms with Crippen molar-refractivity contribution in [3.8, 4) is 50.2 Å². The maximum atomic E-state index is 2.38. The predicted octanol–water partition coefficient (Wildman–Crippen LogP) is 18.4. The molecule has 318 valence electrons. The number of hydrogen-bond donors (Lipinski definition) is 0. The predicted molar refractivity (Wildman–Crippen MR) is 290 cm³/mol. The lowest BCUT2D eigenvalue weighted by atomic mass is 9.92. The molecule has 0 radical (unpaired) electrons. The Kier molecular flexibility index (Phi) is 9.54. The van der Waals surface area contributed by atoms with Gasteiger partial charge < -0.3 is 9.47 Å². The maximum absolute atomic E-state index is 2.38. The SMILES string of the molecule is c1ccc2c(-c3ccc(-c4ccc(N(c5ccc(-c6ccc(-c7cc8ccccc8c8ccccc78)cc6)cc5)c5ccc(-n6c7ccccc7c7ccccc76)cc5)cc4)cc3)cccc2c1. The monoisotopic (exact) mass is 864 g/mol. The summed E-state index contributed by atoms with van der Waals surface area (Å²) in [4.78, 5) is 2.36. The highest BCUT2D eigenvalue weighted by Crippen LogP contribution is 2.40. The molecule has 0 fully saturated rings. The molecule has 0 atom stereocenters. The van der Waals surface area contributed by atoms with Gasteiger partial charge in [-0.05, 0) is 144 Å². The topological polar surface area (TPSA) is 8.17 Å². The quantitative estimate of drug-likeness (QED) is 0.138. The van der Waals surface area contributed by atoms with Gasteiger partial charge in [0.25, 0.3) is 0 Å². The van der Waals surface area contributed by atoms with E-state index in [4.69, 9.17) is 0 Å². The van der Waals surface area contributed by atoms with E-state index in [9.17, 15) is 0 Å². The molecular weight excluding hydrogens is 821 g/mol. The molecule has 13 aromatic rings. The van der Waals surface area contributed by atoms with Crippen LogP contribution in [0.2, 0.25) is 0 Å². The van der Waals surface area contributed by atoms with Crippen molar-refractivity contribution in [2.75, 3.05) is 4.90 Å². The number of anilines is 3. The minimum Gasteiger partial charge on any atom is -0.311 e. The lowest BCUT2D eigenvalue weighted by Gasteiger charge is -2.26. The molecule has 1 aromatic heterocycles. The normalized spacial score (nSPS) is 11.5.